The van der Waals surface area contributed by atoms with Gasteiger partial charge >= 0.3 is 5.97 Å². The summed E-state index contributed by atoms with van der Waals surface area (Å²) in [4.78, 5) is 34.7. The number of nitro benzene ring substituents is 1. The fourth-order valence-corrected chi connectivity index (χ4v) is 1.65. The van der Waals surface area contributed by atoms with E-state index in [1.165, 1.54) is 30.3 Å². The molecule has 0 radical (unpaired) electrons. The van der Waals surface area contributed by atoms with Crippen molar-refractivity contribution in [1.82, 2.24) is 4.98 Å². The molecule has 1 aromatic heterocycles. The molecule has 0 aliphatic heterocycles. The van der Waals surface area contributed by atoms with Gasteiger partial charge in [-0.3, -0.25) is 14.9 Å². The number of aromatic amines is 1. The van der Waals surface area contributed by atoms with Gasteiger partial charge in [0, 0.05) is 12.1 Å². The number of aromatic carboxylic acids is 1. The Morgan fingerprint density at radius 1 is 1.26 bits per heavy atom. The number of nitrogens with one attached hydrogen (secondary N) is 1. The van der Waals surface area contributed by atoms with E-state index in [2.05, 4.69) is 4.98 Å². The fourth-order valence-electron chi connectivity index (χ4n) is 1.65. The van der Waals surface area contributed by atoms with Crippen LogP contribution in [0.3, 0.4) is 0 Å². The normalized spacial score (nSPS) is 10.1. The predicted molar refractivity (Wildman–Crippen MR) is 66.1 cm³/mol. The third-order valence-corrected chi connectivity index (χ3v) is 2.50. The molecule has 96 valence electrons. The standard InChI is InChI=1S/C12H8N2O5/c15-11-3-1-2-9(13-11)8-5-4-7(12(16)17)6-10(8)14(18)19/h1-6H,(H,13,15)(H,16,17). The van der Waals surface area contributed by atoms with Crippen molar-refractivity contribution in [3.63, 3.8) is 0 Å². The molecule has 0 saturated heterocycles. The van der Waals surface area contributed by atoms with Crippen LogP contribution < -0.4 is 5.56 Å². The van der Waals surface area contributed by atoms with Crippen LogP contribution in [0.4, 0.5) is 5.69 Å². The van der Waals surface area contributed by atoms with Gasteiger partial charge in [0.2, 0.25) is 5.56 Å². The van der Waals surface area contributed by atoms with E-state index in [4.69, 9.17) is 5.11 Å². The topological polar surface area (TPSA) is 113 Å². The molecule has 1 aromatic carbocycles. The number of nitrogens with zero attached hydrogens (tertiary/aromatic N) is 1. The highest BCUT2D eigenvalue weighted by molar-refractivity contribution is 5.90. The van der Waals surface area contributed by atoms with Crippen LogP contribution in [0.1, 0.15) is 10.4 Å². The third-order valence-electron chi connectivity index (χ3n) is 2.50. The van der Waals surface area contributed by atoms with E-state index in [0.29, 0.717) is 0 Å². The molecule has 0 spiro atoms. The van der Waals surface area contributed by atoms with Crippen LogP contribution in [0, 0.1) is 10.1 Å². The number of carboxylic acids is 1. The van der Waals surface area contributed by atoms with Crippen molar-refractivity contribution < 1.29 is 14.8 Å². The molecule has 0 unspecified atom stereocenters. The lowest BCUT2D eigenvalue weighted by Crippen LogP contribution is -2.05. The molecule has 7 nitrogen and oxygen atoms in total. The maximum Gasteiger partial charge on any atom is 0.335 e. The zero-order chi connectivity index (χ0) is 14.0. The van der Waals surface area contributed by atoms with Crippen molar-refractivity contribution in [2.75, 3.05) is 0 Å². The van der Waals surface area contributed by atoms with Crippen molar-refractivity contribution in [2.45, 2.75) is 0 Å². The highest BCUT2D eigenvalue weighted by Gasteiger charge is 2.18. The molecular weight excluding hydrogens is 252 g/mol. The van der Waals surface area contributed by atoms with E-state index in [9.17, 15) is 19.7 Å². The molecule has 0 aliphatic carbocycles. The number of carbonyl (C=O) groups is 1. The first kappa shape index (κ1) is 12.5. The van der Waals surface area contributed by atoms with Gasteiger partial charge < -0.3 is 10.1 Å². The van der Waals surface area contributed by atoms with Gasteiger partial charge in [-0.15, -0.1) is 0 Å². The summed E-state index contributed by atoms with van der Waals surface area (Å²) in [5.41, 5.74) is -0.534. The van der Waals surface area contributed by atoms with Crippen molar-refractivity contribution in [3.05, 3.63) is 62.4 Å². The highest BCUT2D eigenvalue weighted by Crippen LogP contribution is 2.28. The van der Waals surface area contributed by atoms with Crippen molar-refractivity contribution in [1.29, 1.82) is 0 Å². The molecule has 2 aromatic rings. The molecular formula is C12H8N2O5. The lowest BCUT2D eigenvalue weighted by Gasteiger charge is -2.04. The Kier molecular flexibility index (Phi) is 3.11. The zero-order valence-corrected chi connectivity index (χ0v) is 9.49. The van der Waals surface area contributed by atoms with Gasteiger partial charge in [-0.25, -0.2) is 4.79 Å². The van der Waals surface area contributed by atoms with Crippen LogP contribution in [0.5, 0.6) is 0 Å². The molecule has 0 fully saturated rings. The average Bonchev–Trinajstić information content (AvgIpc) is 2.37. The summed E-state index contributed by atoms with van der Waals surface area (Å²) in [6, 6.07) is 7.75. The minimum absolute atomic E-state index is 0.160. The largest absolute Gasteiger partial charge is 0.478 e. The first-order valence-electron chi connectivity index (χ1n) is 5.20. The third kappa shape index (κ3) is 2.49. The van der Waals surface area contributed by atoms with Crippen molar-refractivity contribution in [3.8, 4) is 11.3 Å². The molecule has 7 heteroatoms. The van der Waals surface area contributed by atoms with Crippen LogP contribution in [0.15, 0.2) is 41.2 Å². The van der Waals surface area contributed by atoms with Gasteiger partial charge in [0.25, 0.3) is 5.69 Å². The number of hydrogen-bond donors (Lipinski definition) is 2. The number of nitro groups is 1. The number of H-pyrrole nitrogens is 1. The number of hydrogen-bond acceptors (Lipinski definition) is 4. The predicted octanol–water partition coefficient (Wildman–Crippen LogP) is 1.65. The van der Waals surface area contributed by atoms with E-state index in [1.807, 2.05) is 0 Å². The Bertz CT molecular complexity index is 720. The van der Waals surface area contributed by atoms with Gasteiger partial charge in [0.15, 0.2) is 0 Å². The number of benzene rings is 1. The van der Waals surface area contributed by atoms with Gasteiger partial charge in [0.05, 0.1) is 21.7 Å². The summed E-state index contributed by atoms with van der Waals surface area (Å²) in [6.45, 7) is 0. The lowest BCUT2D eigenvalue weighted by molar-refractivity contribution is -0.384. The van der Waals surface area contributed by atoms with Crippen LogP contribution in [0.2, 0.25) is 0 Å². The van der Waals surface area contributed by atoms with E-state index in [0.717, 1.165) is 6.07 Å². The first-order chi connectivity index (χ1) is 8.99. The summed E-state index contributed by atoms with van der Waals surface area (Å²) in [5, 5.41) is 19.8. The van der Waals surface area contributed by atoms with E-state index in [1.54, 1.807) is 0 Å². The van der Waals surface area contributed by atoms with Crippen LogP contribution in [-0.4, -0.2) is 21.0 Å². The summed E-state index contributed by atoms with van der Waals surface area (Å²) in [5.74, 6) is -1.25. The Morgan fingerprint density at radius 2 is 2.00 bits per heavy atom. The number of aromatic nitrogens is 1. The quantitative estimate of drug-likeness (QED) is 0.643. The molecule has 0 aliphatic rings. The Morgan fingerprint density at radius 3 is 2.58 bits per heavy atom. The van der Waals surface area contributed by atoms with E-state index < -0.39 is 16.5 Å². The Hall–Kier alpha value is -2.96. The highest BCUT2D eigenvalue weighted by atomic mass is 16.6. The van der Waals surface area contributed by atoms with E-state index in [-0.39, 0.29) is 22.5 Å². The molecule has 0 bridgehead atoms. The lowest BCUT2D eigenvalue weighted by atomic mass is 10.1. The van der Waals surface area contributed by atoms with Gasteiger partial charge in [0.1, 0.15) is 0 Å². The molecule has 1 heterocycles. The zero-order valence-electron chi connectivity index (χ0n) is 9.49. The fraction of sp³-hybridized carbons (Fsp3) is 0. The van der Waals surface area contributed by atoms with Gasteiger partial charge in [-0.1, -0.05) is 6.07 Å². The molecule has 0 atom stereocenters. The molecule has 0 amide bonds. The van der Waals surface area contributed by atoms with E-state index >= 15 is 0 Å². The number of carboxylic acid groups (broad SMARTS) is 1. The minimum Gasteiger partial charge on any atom is -0.478 e. The SMILES string of the molecule is O=C(O)c1ccc(-c2cccc(=O)[nH]2)c([N+](=O)[O-])c1. The maximum atomic E-state index is 11.2. The number of rotatable bonds is 3. The Balaban J connectivity index is 2.67. The van der Waals surface area contributed by atoms with Crippen LogP contribution >= 0.6 is 0 Å². The monoisotopic (exact) mass is 260 g/mol. The summed E-state index contributed by atoms with van der Waals surface area (Å²) >= 11 is 0. The molecule has 2 rings (SSSR count). The van der Waals surface area contributed by atoms with Crippen molar-refractivity contribution >= 4 is 11.7 Å². The van der Waals surface area contributed by atoms with Crippen LogP contribution in [0.25, 0.3) is 11.3 Å². The first-order valence-corrected chi connectivity index (χ1v) is 5.20. The Labute approximate surface area is 106 Å². The van der Waals surface area contributed by atoms with Gasteiger partial charge in [-0.05, 0) is 18.2 Å². The van der Waals surface area contributed by atoms with Crippen LogP contribution in [-0.2, 0) is 0 Å². The second-order valence-corrected chi connectivity index (χ2v) is 3.72. The molecule has 0 saturated carbocycles. The molecule has 19 heavy (non-hydrogen) atoms. The summed E-state index contributed by atoms with van der Waals surface area (Å²) in [6.07, 6.45) is 0. The summed E-state index contributed by atoms with van der Waals surface area (Å²) < 4.78 is 0. The maximum absolute atomic E-state index is 11.2. The second kappa shape index (κ2) is 4.73. The van der Waals surface area contributed by atoms with Crippen molar-refractivity contribution in [2.24, 2.45) is 0 Å². The second-order valence-electron chi connectivity index (χ2n) is 3.72. The minimum atomic E-state index is -1.25. The smallest absolute Gasteiger partial charge is 0.335 e. The molecule has 2 N–H and O–H groups in total. The summed E-state index contributed by atoms with van der Waals surface area (Å²) in [7, 11) is 0. The average molecular weight is 260 g/mol. The number of pyridine rings is 1. The van der Waals surface area contributed by atoms with Gasteiger partial charge in [-0.2, -0.15) is 0 Å².